The zero-order chi connectivity index (χ0) is 28.1. The molecule has 4 atom stereocenters. The molecule has 0 bridgehead atoms. The van der Waals surface area contributed by atoms with Crippen LogP contribution in [0.1, 0.15) is 38.8 Å². The number of aromatic nitrogens is 2. The van der Waals surface area contributed by atoms with E-state index in [9.17, 15) is 34.2 Å². The van der Waals surface area contributed by atoms with Gasteiger partial charge < -0.3 is 48.3 Å². The first kappa shape index (κ1) is 30.8. The van der Waals surface area contributed by atoms with Crippen LogP contribution in [0.3, 0.4) is 0 Å². The summed E-state index contributed by atoms with van der Waals surface area (Å²) in [6.45, 7) is 3.42. The number of hydrogen-bond acceptors (Lipinski definition) is 8. The molecular weight excluding hydrogens is 490 g/mol. The number of aromatic amines is 1. The van der Waals surface area contributed by atoms with E-state index in [-0.39, 0.29) is 25.3 Å². The van der Waals surface area contributed by atoms with Gasteiger partial charge in [-0.25, -0.2) is 9.78 Å². The fourth-order valence-corrected chi connectivity index (χ4v) is 3.18. The number of aliphatic imine (C=N–C) groups is 1. The zero-order valence-corrected chi connectivity index (χ0v) is 20.6. The molecule has 37 heavy (non-hydrogen) atoms. The van der Waals surface area contributed by atoms with Crippen LogP contribution < -0.4 is 33.2 Å². The van der Waals surface area contributed by atoms with Crippen molar-refractivity contribution in [3.8, 4) is 0 Å². The van der Waals surface area contributed by atoms with Crippen molar-refractivity contribution in [3.05, 3.63) is 18.2 Å². The highest BCUT2D eigenvalue weighted by Crippen LogP contribution is 2.06. The molecule has 12 N–H and O–H groups in total. The number of carbonyl (C=O) groups excluding carboxylic acids is 3. The number of nitrogens with one attached hydrogen (secondary N) is 4. The molecule has 16 nitrogen and oxygen atoms in total. The molecule has 1 aromatic rings. The summed E-state index contributed by atoms with van der Waals surface area (Å²) in [6.07, 6.45) is 2.36. The molecule has 3 amide bonds. The van der Waals surface area contributed by atoms with E-state index < -0.39 is 66.2 Å². The van der Waals surface area contributed by atoms with E-state index in [2.05, 4.69) is 30.9 Å². The van der Waals surface area contributed by atoms with Crippen molar-refractivity contribution < 1.29 is 34.2 Å². The second-order valence-electron chi connectivity index (χ2n) is 8.63. The number of carbonyl (C=O) groups is 5. The Morgan fingerprint density at radius 2 is 1.65 bits per heavy atom. The third-order valence-electron chi connectivity index (χ3n) is 5.16. The lowest BCUT2D eigenvalue weighted by molar-refractivity contribution is -0.144. The van der Waals surface area contributed by atoms with E-state index in [1.807, 2.05) is 0 Å². The van der Waals surface area contributed by atoms with E-state index in [1.165, 1.54) is 12.5 Å². The van der Waals surface area contributed by atoms with E-state index in [0.717, 1.165) is 0 Å². The molecule has 0 radical (unpaired) electrons. The zero-order valence-electron chi connectivity index (χ0n) is 20.6. The number of hydrogen-bond donors (Lipinski definition) is 9. The number of guanidine groups is 1. The van der Waals surface area contributed by atoms with Crippen molar-refractivity contribution in [2.24, 2.45) is 28.1 Å². The fourth-order valence-electron chi connectivity index (χ4n) is 3.18. The van der Waals surface area contributed by atoms with Crippen LogP contribution in [0.5, 0.6) is 0 Å². The molecule has 0 saturated carbocycles. The first-order valence-electron chi connectivity index (χ1n) is 11.5. The normalized spacial score (nSPS) is 14.1. The average Bonchev–Trinajstić information content (AvgIpc) is 3.31. The van der Waals surface area contributed by atoms with Crippen LogP contribution in [0, 0.1) is 5.92 Å². The molecule has 1 aromatic heterocycles. The summed E-state index contributed by atoms with van der Waals surface area (Å²) in [5.74, 6) is -5.81. The number of carboxylic acids is 2. The van der Waals surface area contributed by atoms with E-state index >= 15 is 0 Å². The molecular formula is C21H35N9O7. The van der Waals surface area contributed by atoms with Crippen molar-refractivity contribution in [2.75, 3.05) is 6.54 Å². The van der Waals surface area contributed by atoms with E-state index in [4.69, 9.17) is 17.2 Å². The molecule has 0 fully saturated rings. The van der Waals surface area contributed by atoms with Crippen LogP contribution in [-0.2, 0) is 30.4 Å². The topological polar surface area (TPSA) is 281 Å². The number of imidazole rings is 1. The van der Waals surface area contributed by atoms with Gasteiger partial charge in [-0.2, -0.15) is 0 Å². The van der Waals surface area contributed by atoms with Crippen LogP contribution in [0.15, 0.2) is 17.5 Å². The standard InChI is InChI=1S/C21H35N9O7/c1-10(2)16(20(36)37)30-19(35)13(6-11-8-25-9-27-11)29-18(34)14(7-15(31)32)28-17(33)12(22)4-3-5-26-21(23)24/h8-10,12-14,16H,3-7,22H2,1-2H3,(H,25,27)(H,28,33)(H,29,34)(H,30,35)(H,31,32)(H,36,37)(H4,23,24,26). The van der Waals surface area contributed by atoms with Crippen molar-refractivity contribution in [1.82, 2.24) is 25.9 Å². The van der Waals surface area contributed by atoms with Gasteiger partial charge in [-0.3, -0.25) is 24.2 Å². The average molecular weight is 526 g/mol. The number of aliphatic carboxylic acids is 2. The van der Waals surface area contributed by atoms with Gasteiger partial charge in [-0.05, 0) is 18.8 Å². The summed E-state index contributed by atoms with van der Waals surface area (Å²) in [6, 6.07) is -5.19. The van der Waals surface area contributed by atoms with Gasteiger partial charge in [0, 0.05) is 24.9 Å². The Bertz CT molecular complexity index is 962. The quantitative estimate of drug-likeness (QED) is 0.0595. The predicted octanol–water partition coefficient (Wildman–Crippen LogP) is -3.00. The number of nitrogens with two attached hydrogens (primary N) is 3. The molecule has 0 aliphatic carbocycles. The lowest BCUT2D eigenvalue weighted by atomic mass is 10.0. The maximum atomic E-state index is 13.0. The minimum Gasteiger partial charge on any atom is -0.481 e. The number of nitrogens with zero attached hydrogens (tertiary/aromatic N) is 2. The largest absolute Gasteiger partial charge is 0.481 e. The highest BCUT2D eigenvalue weighted by molar-refractivity contribution is 5.95. The molecule has 206 valence electrons. The highest BCUT2D eigenvalue weighted by Gasteiger charge is 2.32. The lowest BCUT2D eigenvalue weighted by Crippen LogP contribution is -2.58. The van der Waals surface area contributed by atoms with Gasteiger partial charge in [0.1, 0.15) is 18.1 Å². The molecule has 0 saturated heterocycles. The highest BCUT2D eigenvalue weighted by atomic mass is 16.4. The lowest BCUT2D eigenvalue weighted by Gasteiger charge is -2.25. The van der Waals surface area contributed by atoms with Gasteiger partial charge in [0.15, 0.2) is 5.96 Å². The fraction of sp³-hybridized carbons (Fsp3) is 0.571. The second kappa shape index (κ2) is 15.0. The van der Waals surface area contributed by atoms with Gasteiger partial charge in [-0.1, -0.05) is 13.8 Å². The first-order valence-corrected chi connectivity index (χ1v) is 11.5. The molecule has 4 unspecified atom stereocenters. The third-order valence-corrected chi connectivity index (χ3v) is 5.16. The van der Waals surface area contributed by atoms with Crippen molar-refractivity contribution in [3.63, 3.8) is 0 Å². The molecule has 0 spiro atoms. The Balaban J connectivity index is 2.99. The summed E-state index contributed by atoms with van der Waals surface area (Å²) in [7, 11) is 0. The van der Waals surface area contributed by atoms with Crippen LogP contribution >= 0.6 is 0 Å². The summed E-state index contributed by atoms with van der Waals surface area (Å²) in [5, 5.41) is 25.7. The summed E-state index contributed by atoms with van der Waals surface area (Å²) < 4.78 is 0. The predicted molar refractivity (Wildman–Crippen MR) is 131 cm³/mol. The SMILES string of the molecule is CC(C)C(NC(=O)C(Cc1cnc[nH]1)NC(=O)C(CC(=O)O)NC(=O)C(N)CCCN=C(N)N)C(=O)O. The van der Waals surface area contributed by atoms with Crippen LogP contribution in [0.25, 0.3) is 0 Å². The van der Waals surface area contributed by atoms with Gasteiger partial charge in [-0.15, -0.1) is 0 Å². The van der Waals surface area contributed by atoms with Gasteiger partial charge in [0.05, 0.1) is 18.8 Å². The molecule has 0 aromatic carbocycles. The smallest absolute Gasteiger partial charge is 0.326 e. The Morgan fingerprint density at radius 3 is 2.16 bits per heavy atom. The third kappa shape index (κ3) is 11.4. The minimum absolute atomic E-state index is 0.111. The molecule has 0 aliphatic heterocycles. The Kier molecular flexibility index (Phi) is 12.5. The Labute approximate surface area is 212 Å². The van der Waals surface area contributed by atoms with Crippen LogP contribution in [0.4, 0.5) is 0 Å². The molecule has 16 heteroatoms. The van der Waals surface area contributed by atoms with E-state index in [1.54, 1.807) is 13.8 Å². The summed E-state index contributed by atoms with van der Waals surface area (Å²) in [4.78, 5) is 71.6. The maximum Gasteiger partial charge on any atom is 0.326 e. The van der Waals surface area contributed by atoms with Crippen LogP contribution in [-0.4, -0.2) is 86.5 Å². The number of H-pyrrole nitrogens is 1. The number of rotatable bonds is 16. The summed E-state index contributed by atoms with van der Waals surface area (Å²) in [5.41, 5.74) is 16.7. The van der Waals surface area contributed by atoms with Crippen molar-refractivity contribution >= 4 is 35.6 Å². The number of carboxylic acid groups (broad SMARTS) is 2. The first-order chi connectivity index (χ1) is 17.3. The molecule has 1 heterocycles. The van der Waals surface area contributed by atoms with Crippen molar-refractivity contribution in [1.29, 1.82) is 0 Å². The Morgan fingerprint density at radius 1 is 1.03 bits per heavy atom. The molecule has 0 aliphatic rings. The summed E-state index contributed by atoms with van der Waals surface area (Å²) >= 11 is 0. The van der Waals surface area contributed by atoms with Crippen molar-refractivity contribution in [2.45, 2.75) is 63.7 Å². The maximum absolute atomic E-state index is 13.0. The van der Waals surface area contributed by atoms with E-state index in [0.29, 0.717) is 12.1 Å². The van der Waals surface area contributed by atoms with Crippen LogP contribution in [0.2, 0.25) is 0 Å². The number of amides is 3. The van der Waals surface area contributed by atoms with Gasteiger partial charge in [0.25, 0.3) is 0 Å². The minimum atomic E-state index is -1.56. The van der Waals surface area contributed by atoms with Gasteiger partial charge in [0.2, 0.25) is 17.7 Å². The monoisotopic (exact) mass is 525 g/mol. The second-order valence-corrected chi connectivity index (χ2v) is 8.63. The van der Waals surface area contributed by atoms with Gasteiger partial charge >= 0.3 is 11.9 Å². The molecule has 1 rings (SSSR count). The Hall–Kier alpha value is -4.21.